The SMILES string of the molecule is COc1ccc(CSC[C@H](NC(=O)Cc2ccccc2)C(=O)C(O)C2Cc3c([nH]c4ccccc34)-c3ccc(C(C)=O)c(=O)n32)cc1. The number of carbonyl (C=O) groups excluding carboxylic acids is 3. The number of methoxy groups -OCH3 is 1. The van der Waals surface area contributed by atoms with Gasteiger partial charge >= 0.3 is 0 Å². The third kappa shape index (κ3) is 6.65. The number of pyridine rings is 1. The summed E-state index contributed by atoms with van der Waals surface area (Å²) in [6.07, 6.45) is -1.42. The highest BCUT2D eigenvalue weighted by Gasteiger charge is 2.39. The van der Waals surface area contributed by atoms with Crippen LogP contribution in [0.2, 0.25) is 0 Å². The molecule has 1 amide bonds. The van der Waals surface area contributed by atoms with Crippen molar-refractivity contribution in [3.8, 4) is 17.1 Å². The summed E-state index contributed by atoms with van der Waals surface area (Å²) in [7, 11) is 1.60. The quantitative estimate of drug-likeness (QED) is 0.164. The number of carbonyl (C=O) groups is 3. The Kier molecular flexibility index (Phi) is 9.42. The van der Waals surface area contributed by atoms with Crippen LogP contribution in [0.5, 0.6) is 5.75 Å². The average molecular weight is 650 g/mol. The van der Waals surface area contributed by atoms with E-state index >= 15 is 0 Å². The summed E-state index contributed by atoms with van der Waals surface area (Å²) in [5.74, 6) is 0.123. The largest absolute Gasteiger partial charge is 0.497 e. The molecule has 240 valence electrons. The van der Waals surface area contributed by atoms with Crippen molar-refractivity contribution >= 4 is 40.1 Å². The van der Waals surface area contributed by atoms with E-state index in [4.69, 9.17) is 4.74 Å². The molecule has 2 unspecified atom stereocenters. The van der Waals surface area contributed by atoms with Crippen LogP contribution in [0.1, 0.15) is 40.0 Å². The number of hydrogen-bond donors (Lipinski definition) is 3. The Morgan fingerprint density at radius 3 is 2.43 bits per heavy atom. The van der Waals surface area contributed by atoms with Crippen molar-refractivity contribution in [1.29, 1.82) is 0 Å². The normalized spacial score (nSPS) is 14.9. The van der Waals surface area contributed by atoms with Crippen molar-refractivity contribution in [3.05, 3.63) is 124 Å². The molecule has 3 aromatic carbocycles. The number of aliphatic hydroxyl groups is 1. The highest BCUT2D eigenvalue weighted by atomic mass is 32.2. The molecule has 0 saturated heterocycles. The number of ether oxygens (including phenoxy) is 1. The maximum atomic E-state index is 14.2. The number of rotatable bonds is 12. The van der Waals surface area contributed by atoms with Crippen molar-refractivity contribution in [2.45, 2.75) is 43.7 Å². The Morgan fingerprint density at radius 2 is 1.70 bits per heavy atom. The van der Waals surface area contributed by atoms with Gasteiger partial charge in [0.25, 0.3) is 5.56 Å². The van der Waals surface area contributed by atoms with Gasteiger partial charge in [-0.15, -0.1) is 0 Å². The fraction of sp³-hybridized carbons (Fsp3) is 0.243. The second-order valence-electron chi connectivity index (χ2n) is 11.7. The van der Waals surface area contributed by atoms with Gasteiger partial charge in [0, 0.05) is 22.4 Å². The summed E-state index contributed by atoms with van der Waals surface area (Å²) >= 11 is 1.45. The summed E-state index contributed by atoms with van der Waals surface area (Å²) in [4.78, 5) is 57.0. The fourth-order valence-corrected chi connectivity index (χ4v) is 7.20. The predicted molar refractivity (Wildman–Crippen MR) is 183 cm³/mol. The topological polar surface area (TPSA) is 130 Å². The second-order valence-corrected chi connectivity index (χ2v) is 12.7. The minimum Gasteiger partial charge on any atom is -0.497 e. The van der Waals surface area contributed by atoms with E-state index < -0.39 is 35.3 Å². The molecule has 1 aliphatic heterocycles. The lowest BCUT2D eigenvalue weighted by Gasteiger charge is -2.33. The van der Waals surface area contributed by atoms with E-state index in [1.54, 1.807) is 13.2 Å². The summed E-state index contributed by atoms with van der Waals surface area (Å²) < 4.78 is 6.61. The van der Waals surface area contributed by atoms with Crippen LogP contribution in [-0.4, -0.2) is 57.1 Å². The molecule has 9 nitrogen and oxygen atoms in total. The zero-order chi connectivity index (χ0) is 33.1. The Balaban J connectivity index is 1.32. The molecule has 1 aliphatic rings. The van der Waals surface area contributed by atoms with Crippen LogP contribution in [0.15, 0.2) is 95.8 Å². The number of nitrogens with zero attached hydrogens (tertiary/aromatic N) is 1. The first-order valence-electron chi connectivity index (χ1n) is 15.4. The van der Waals surface area contributed by atoms with Gasteiger partial charge in [-0.25, -0.2) is 0 Å². The molecule has 47 heavy (non-hydrogen) atoms. The first-order valence-corrected chi connectivity index (χ1v) is 16.5. The van der Waals surface area contributed by atoms with Crippen LogP contribution in [0.25, 0.3) is 22.3 Å². The molecule has 0 fully saturated rings. The number of ketones is 2. The second kappa shape index (κ2) is 13.8. The van der Waals surface area contributed by atoms with E-state index in [1.165, 1.54) is 29.3 Å². The summed E-state index contributed by atoms with van der Waals surface area (Å²) in [6, 6.07) is 25.6. The molecule has 5 aromatic rings. The molecular formula is C37H35N3O6S. The van der Waals surface area contributed by atoms with E-state index in [2.05, 4.69) is 10.3 Å². The zero-order valence-corrected chi connectivity index (χ0v) is 26.9. The van der Waals surface area contributed by atoms with Crippen molar-refractivity contribution in [2.24, 2.45) is 0 Å². The lowest BCUT2D eigenvalue weighted by molar-refractivity contribution is -0.134. The number of aliphatic hydroxyl groups excluding tert-OH is 1. The molecule has 3 atom stereocenters. The minimum atomic E-state index is -1.65. The molecule has 2 aromatic heterocycles. The number of Topliss-reactive ketones (excluding diaryl/α,β-unsaturated/α-hetero) is 2. The Labute approximate surface area is 276 Å². The minimum absolute atomic E-state index is 0.0271. The molecule has 0 spiro atoms. The molecule has 0 bridgehead atoms. The van der Waals surface area contributed by atoms with Crippen molar-refractivity contribution < 1.29 is 24.2 Å². The molecule has 6 rings (SSSR count). The Bertz CT molecular complexity index is 2000. The summed E-state index contributed by atoms with van der Waals surface area (Å²) in [6.45, 7) is 1.32. The molecule has 3 heterocycles. The Hall–Kier alpha value is -4.93. The van der Waals surface area contributed by atoms with Crippen LogP contribution < -0.4 is 15.6 Å². The van der Waals surface area contributed by atoms with Gasteiger partial charge in [0.05, 0.1) is 42.6 Å². The van der Waals surface area contributed by atoms with Gasteiger partial charge in [-0.3, -0.25) is 23.7 Å². The third-order valence-electron chi connectivity index (χ3n) is 8.57. The number of amides is 1. The average Bonchev–Trinajstić information content (AvgIpc) is 3.46. The summed E-state index contributed by atoms with van der Waals surface area (Å²) in [5.41, 5.74) is 4.11. The number of aromatic amines is 1. The van der Waals surface area contributed by atoms with Crippen LogP contribution >= 0.6 is 11.8 Å². The number of aromatic nitrogens is 2. The smallest absolute Gasteiger partial charge is 0.262 e. The van der Waals surface area contributed by atoms with Gasteiger partial charge in [0.15, 0.2) is 11.6 Å². The van der Waals surface area contributed by atoms with Crippen LogP contribution in [0.3, 0.4) is 0 Å². The van der Waals surface area contributed by atoms with Crippen molar-refractivity contribution in [2.75, 3.05) is 12.9 Å². The standard InChI is InChI=1S/C37H35N3O6S/c1-22(41)26-16-17-31-34-28(27-10-6-7-11-29(27)39-34)19-32(40(31)37(26)45)36(44)35(43)30(38-33(42)18-23-8-4-3-5-9-23)21-47-20-24-12-14-25(46-2)15-13-24/h3-17,30,32,36,39,44H,18-21H2,1-2H3,(H,38,42)/t30-,32?,36?/m0/s1. The van der Waals surface area contributed by atoms with Crippen molar-refractivity contribution in [3.63, 3.8) is 0 Å². The molecule has 10 heteroatoms. The first kappa shape index (κ1) is 32.0. The third-order valence-corrected chi connectivity index (χ3v) is 9.67. The van der Waals surface area contributed by atoms with E-state index in [1.807, 2.05) is 78.9 Å². The van der Waals surface area contributed by atoms with E-state index in [9.17, 15) is 24.3 Å². The van der Waals surface area contributed by atoms with Crippen LogP contribution in [-0.2, 0) is 28.2 Å². The van der Waals surface area contributed by atoms with Gasteiger partial charge in [-0.1, -0.05) is 60.7 Å². The molecule has 0 aliphatic carbocycles. The van der Waals surface area contributed by atoms with Crippen LogP contribution in [0, 0.1) is 0 Å². The van der Waals surface area contributed by atoms with Crippen molar-refractivity contribution in [1.82, 2.24) is 14.9 Å². The van der Waals surface area contributed by atoms with Gasteiger partial charge < -0.3 is 20.1 Å². The molecule has 3 N–H and O–H groups in total. The van der Waals surface area contributed by atoms with E-state index in [0.29, 0.717) is 17.1 Å². The van der Waals surface area contributed by atoms with E-state index in [-0.39, 0.29) is 30.1 Å². The predicted octanol–water partition coefficient (Wildman–Crippen LogP) is 4.90. The van der Waals surface area contributed by atoms with E-state index in [0.717, 1.165) is 33.3 Å². The maximum Gasteiger partial charge on any atom is 0.262 e. The molecule has 0 saturated carbocycles. The first-order chi connectivity index (χ1) is 22.7. The van der Waals surface area contributed by atoms with Crippen LogP contribution in [0.4, 0.5) is 0 Å². The lowest BCUT2D eigenvalue weighted by Crippen LogP contribution is -2.51. The Morgan fingerprint density at radius 1 is 0.979 bits per heavy atom. The number of thioether (sulfide) groups is 1. The zero-order valence-electron chi connectivity index (χ0n) is 26.1. The number of fused-ring (bicyclic) bond motifs is 5. The highest BCUT2D eigenvalue weighted by Crippen LogP contribution is 2.39. The van der Waals surface area contributed by atoms with Gasteiger partial charge in [-0.05, 0) is 60.4 Å². The lowest BCUT2D eigenvalue weighted by atomic mass is 9.89. The molecule has 0 radical (unpaired) electrons. The maximum absolute atomic E-state index is 14.2. The highest BCUT2D eigenvalue weighted by molar-refractivity contribution is 7.98. The van der Waals surface area contributed by atoms with Gasteiger partial charge in [0.1, 0.15) is 11.9 Å². The summed E-state index contributed by atoms with van der Waals surface area (Å²) in [5, 5.41) is 15.6. The fourth-order valence-electron chi connectivity index (χ4n) is 6.17. The number of para-hydroxylation sites is 1. The number of H-pyrrole nitrogens is 1. The van der Waals surface area contributed by atoms with Gasteiger partial charge in [0.2, 0.25) is 5.91 Å². The monoisotopic (exact) mass is 649 g/mol. The number of nitrogens with one attached hydrogen (secondary N) is 2. The number of hydrogen-bond acceptors (Lipinski definition) is 7. The number of benzene rings is 3. The molecular weight excluding hydrogens is 614 g/mol. The van der Waals surface area contributed by atoms with Gasteiger partial charge in [-0.2, -0.15) is 11.8 Å².